The molecule has 2 fully saturated rings. The summed E-state index contributed by atoms with van der Waals surface area (Å²) in [6, 6.07) is 6.96. The minimum atomic E-state index is -3.30. The molecule has 2 aromatic rings. The molecule has 9 nitrogen and oxygen atoms in total. The molecule has 208 valence electrons. The second-order valence-corrected chi connectivity index (χ2v) is 13.3. The molecule has 1 aromatic heterocycles. The lowest BCUT2D eigenvalue weighted by atomic mass is 9.91. The van der Waals surface area contributed by atoms with Gasteiger partial charge < -0.3 is 15.5 Å². The first-order valence-electron chi connectivity index (χ1n) is 13.8. The summed E-state index contributed by atoms with van der Waals surface area (Å²) in [6.07, 6.45) is 11.0. The first-order valence-corrected chi connectivity index (χ1v) is 16.1. The maximum atomic E-state index is 11.9. The number of nitrogens with zero attached hydrogens (tertiary/aromatic N) is 4. The number of hydrogen-bond acceptors (Lipinski definition) is 8. The zero-order chi connectivity index (χ0) is 26.7. The molecule has 2 aliphatic carbocycles. The van der Waals surface area contributed by atoms with Gasteiger partial charge in [0.25, 0.3) is 0 Å². The van der Waals surface area contributed by atoms with Gasteiger partial charge in [0.1, 0.15) is 5.02 Å². The van der Waals surface area contributed by atoms with Crippen LogP contribution >= 0.6 is 11.6 Å². The van der Waals surface area contributed by atoms with Crippen LogP contribution in [0.5, 0.6) is 0 Å². The molecule has 1 aliphatic heterocycles. The minimum Gasteiger partial charge on any atom is -0.364 e. The van der Waals surface area contributed by atoms with Crippen molar-refractivity contribution in [1.82, 2.24) is 24.5 Å². The number of fused-ring (bicyclic) bond motifs is 1. The van der Waals surface area contributed by atoms with Gasteiger partial charge in [-0.15, -0.1) is 0 Å². The Labute approximate surface area is 231 Å². The summed E-state index contributed by atoms with van der Waals surface area (Å²) >= 11 is 6.44. The summed E-state index contributed by atoms with van der Waals surface area (Å²) in [5.41, 5.74) is 3.80. The van der Waals surface area contributed by atoms with E-state index in [0.717, 1.165) is 57.3 Å². The molecule has 1 unspecified atom stereocenters. The third kappa shape index (κ3) is 7.15. The normalized spacial score (nSPS) is 25.4. The lowest BCUT2D eigenvalue weighted by Crippen LogP contribution is -2.49. The molecule has 1 saturated carbocycles. The Morgan fingerprint density at radius 3 is 2.42 bits per heavy atom. The molecule has 3 atom stereocenters. The number of likely N-dealkylation sites (N-methyl/N-ethyl adjacent to an activating group) is 1. The summed E-state index contributed by atoms with van der Waals surface area (Å²) in [4.78, 5) is 14.1. The second kappa shape index (κ2) is 12.0. The summed E-state index contributed by atoms with van der Waals surface area (Å²) in [5, 5.41) is 7.16. The van der Waals surface area contributed by atoms with E-state index in [0.29, 0.717) is 22.8 Å². The van der Waals surface area contributed by atoms with Crippen LogP contribution in [-0.4, -0.2) is 85.8 Å². The highest BCUT2D eigenvalue weighted by Crippen LogP contribution is 2.29. The van der Waals surface area contributed by atoms with Crippen LogP contribution in [0, 0.1) is 0 Å². The van der Waals surface area contributed by atoms with E-state index >= 15 is 0 Å². The summed E-state index contributed by atoms with van der Waals surface area (Å²) in [7, 11) is -1.09. The van der Waals surface area contributed by atoms with Crippen molar-refractivity contribution in [2.24, 2.45) is 0 Å². The molecular formula is C27H40ClN7O2S. The average molecular weight is 562 g/mol. The van der Waals surface area contributed by atoms with Gasteiger partial charge in [-0.3, -0.25) is 4.90 Å². The maximum absolute atomic E-state index is 11.9. The fourth-order valence-corrected chi connectivity index (χ4v) is 7.05. The van der Waals surface area contributed by atoms with Gasteiger partial charge in [-0.1, -0.05) is 30.5 Å². The Hall–Kier alpha value is -1.98. The van der Waals surface area contributed by atoms with E-state index in [1.807, 2.05) is 0 Å². The van der Waals surface area contributed by atoms with Crippen molar-refractivity contribution in [3.8, 4) is 0 Å². The predicted molar refractivity (Wildman–Crippen MR) is 154 cm³/mol. The lowest BCUT2D eigenvalue weighted by molar-refractivity contribution is 0.104. The van der Waals surface area contributed by atoms with E-state index in [1.54, 1.807) is 6.20 Å². The molecule has 38 heavy (non-hydrogen) atoms. The molecule has 0 bridgehead atoms. The Morgan fingerprint density at radius 2 is 1.68 bits per heavy atom. The fourth-order valence-electron chi connectivity index (χ4n) is 6.07. The van der Waals surface area contributed by atoms with E-state index in [-0.39, 0.29) is 12.1 Å². The van der Waals surface area contributed by atoms with Crippen molar-refractivity contribution < 1.29 is 8.42 Å². The molecule has 0 amide bonds. The number of sulfonamides is 1. The van der Waals surface area contributed by atoms with Gasteiger partial charge in [-0.2, -0.15) is 4.98 Å². The van der Waals surface area contributed by atoms with Crippen LogP contribution in [-0.2, 0) is 22.9 Å². The van der Waals surface area contributed by atoms with Gasteiger partial charge in [-0.05, 0) is 68.8 Å². The van der Waals surface area contributed by atoms with Gasteiger partial charge in [0.05, 0.1) is 12.5 Å². The molecule has 5 rings (SSSR count). The molecule has 0 radical (unpaired) electrons. The van der Waals surface area contributed by atoms with Crippen LogP contribution in [0.1, 0.15) is 49.7 Å². The molecule has 3 N–H and O–H groups in total. The summed E-state index contributed by atoms with van der Waals surface area (Å²) in [5.74, 6) is 0.977. The van der Waals surface area contributed by atoms with E-state index in [4.69, 9.17) is 11.6 Å². The molecule has 11 heteroatoms. The topological polar surface area (TPSA) is 102 Å². The molecule has 2 heterocycles. The predicted octanol–water partition coefficient (Wildman–Crippen LogP) is 3.64. The number of rotatable bonds is 7. The number of aryl methyl sites for hydroxylation is 2. The molecule has 1 saturated heterocycles. The Bertz CT molecular complexity index is 1220. The lowest BCUT2D eigenvalue weighted by Gasteiger charge is -2.37. The van der Waals surface area contributed by atoms with Crippen molar-refractivity contribution in [3.63, 3.8) is 0 Å². The Morgan fingerprint density at radius 1 is 0.974 bits per heavy atom. The number of hydrogen-bond donors (Lipinski definition) is 3. The van der Waals surface area contributed by atoms with E-state index in [1.165, 1.54) is 43.3 Å². The van der Waals surface area contributed by atoms with Crippen LogP contribution < -0.4 is 15.4 Å². The number of aromatic nitrogens is 2. The third-order valence-corrected chi connectivity index (χ3v) is 9.22. The van der Waals surface area contributed by atoms with Crippen LogP contribution in [0.4, 0.5) is 17.5 Å². The minimum absolute atomic E-state index is 0.0838. The largest absolute Gasteiger partial charge is 0.364 e. The van der Waals surface area contributed by atoms with Gasteiger partial charge in [0.2, 0.25) is 16.0 Å². The molecule has 1 aromatic carbocycles. The van der Waals surface area contributed by atoms with Crippen molar-refractivity contribution >= 4 is 39.1 Å². The summed E-state index contributed by atoms with van der Waals surface area (Å²) < 4.78 is 26.5. The number of halogens is 1. The zero-order valence-electron chi connectivity index (χ0n) is 22.4. The highest BCUT2D eigenvalue weighted by atomic mass is 35.5. The van der Waals surface area contributed by atoms with Crippen molar-refractivity contribution in [1.29, 1.82) is 0 Å². The van der Waals surface area contributed by atoms with Crippen molar-refractivity contribution in [3.05, 3.63) is 40.5 Å². The maximum Gasteiger partial charge on any atom is 0.229 e. The number of anilines is 3. The van der Waals surface area contributed by atoms with Crippen molar-refractivity contribution in [2.75, 3.05) is 50.1 Å². The van der Waals surface area contributed by atoms with E-state index in [2.05, 4.69) is 60.4 Å². The first kappa shape index (κ1) is 27.6. The van der Waals surface area contributed by atoms with E-state index < -0.39 is 10.0 Å². The van der Waals surface area contributed by atoms with Gasteiger partial charge in [-0.25, -0.2) is 18.1 Å². The quantitative estimate of drug-likeness (QED) is 0.440. The van der Waals surface area contributed by atoms with Crippen LogP contribution in [0.25, 0.3) is 0 Å². The van der Waals surface area contributed by atoms with Gasteiger partial charge in [0, 0.05) is 50.0 Å². The monoisotopic (exact) mass is 561 g/mol. The number of benzene rings is 1. The highest BCUT2D eigenvalue weighted by Gasteiger charge is 2.29. The molecule has 3 aliphatic rings. The fraction of sp³-hybridized carbons (Fsp3) is 0.630. The number of nitrogens with one attached hydrogen (secondary N) is 3. The SMILES string of the molecule is CN1CCN([C@@H]2CCc3ccc(Nc4ncc(Cl)c(N[C@@H]5CCCCC5NS(C)(=O)=O)n4)cc3CC2)CC1. The standard InChI is InChI=1S/C27H40ClN7O2S/c1-34-13-15-35(16-14-34)22-11-8-19-7-10-21(17-20(19)9-12-22)30-27-29-18-23(28)26(32-27)31-24-5-3-4-6-25(24)33-38(2,36)37/h7,10,17-18,22,24-25,33H,3-6,8-9,11-16H2,1-2H3,(H2,29,30,31,32)/t22-,24-,25?/m1/s1. The van der Waals surface area contributed by atoms with Gasteiger partial charge in [0.15, 0.2) is 5.82 Å². The molecule has 0 spiro atoms. The van der Waals surface area contributed by atoms with Crippen LogP contribution in [0.15, 0.2) is 24.4 Å². The molecular weight excluding hydrogens is 522 g/mol. The smallest absolute Gasteiger partial charge is 0.229 e. The Balaban J connectivity index is 1.25. The zero-order valence-corrected chi connectivity index (χ0v) is 24.0. The first-order chi connectivity index (χ1) is 18.2. The second-order valence-electron chi connectivity index (χ2n) is 11.1. The Kier molecular flexibility index (Phi) is 8.74. The summed E-state index contributed by atoms with van der Waals surface area (Å²) in [6.45, 7) is 4.65. The van der Waals surface area contributed by atoms with Crippen molar-refractivity contribution in [2.45, 2.75) is 69.5 Å². The van der Waals surface area contributed by atoms with Crippen LogP contribution in [0.3, 0.4) is 0 Å². The van der Waals surface area contributed by atoms with Gasteiger partial charge >= 0.3 is 0 Å². The third-order valence-electron chi connectivity index (χ3n) is 8.21. The average Bonchev–Trinajstić information content (AvgIpc) is 3.09. The number of piperazine rings is 1. The highest BCUT2D eigenvalue weighted by molar-refractivity contribution is 7.88. The van der Waals surface area contributed by atoms with E-state index in [9.17, 15) is 8.42 Å². The van der Waals surface area contributed by atoms with Crippen LogP contribution in [0.2, 0.25) is 5.02 Å².